The molecule has 0 radical (unpaired) electrons. The lowest BCUT2D eigenvalue weighted by Gasteiger charge is -2.29. The molecule has 0 saturated heterocycles. The van der Waals surface area contributed by atoms with Gasteiger partial charge >= 0.3 is 12.1 Å². The summed E-state index contributed by atoms with van der Waals surface area (Å²) in [7, 11) is 0. The van der Waals surface area contributed by atoms with Crippen LogP contribution in [0, 0.1) is 0 Å². The molecule has 1 atom stereocenters. The van der Waals surface area contributed by atoms with Crippen LogP contribution >= 0.6 is 0 Å². The van der Waals surface area contributed by atoms with Gasteiger partial charge in [-0.25, -0.2) is 9.59 Å². The third-order valence-electron chi connectivity index (χ3n) is 3.22. The summed E-state index contributed by atoms with van der Waals surface area (Å²) in [5.74, 6) is -0.402. The second-order valence-electron chi connectivity index (χ2n) is 6.29. The van der Waals surface area contributed by atoms with Crippen molar-refractivity contribution in [3.05, 3.63) is 11.4 Å². The van der Waals surface area contributed by atoms with E-state index in [9.17, 15) is 9.59 Å². The van der Waals surface area contributed by atoms with E-state index in [4.69, 9.17) is 9.84 Å². The minimum atomic E-state index is -1.04. The Bertz CT molecular complexity index is 480. The van der Waals surface area contributed by atoms with Crippen LogP contribution in [0.4, 0.5) is 4.79 Å². The first-order chi connectivity index (χ1) is 9.11. The molecule has 0 bridgehead atoms. The minimum Gasteiger partial charge on any atom is -0.465 e. The van der Waals surface area contributed by atoms with Crippen molar-refractivity contribution < 1.29 is 19.4 Å². The molecule has 7 nitrogen and oxygen atoms in total. The topological polar surface area (TPSA) is 90.9 Å². The van der Waals surface area contributed by atoms with Crippen molar-refractivity contribution in [3.63, 3.8) is 0 Å². The maximum absolute atomic E-state index is 12.2. The summed E-state index contributed by atoms with van der Waals surface area (Å²) in [6, 6.07) is 0. The highest BCUT2D eigenvalue weighted by Gasteiger charge is 2.44. The van der Waals surface area contributed by atoms with E-state index < -0.39 is 23.3 Å². The molecule has 0 aromatic rings. The van der Waals surface area contributed by atoms with Gasteiger partial charge in [-0.15, -0.1) is 0 Å². The van der Waals surface area contributed by atoms with Crippen molar-refractivity contribution >= 4 is 12.1 Å². The molecular weight excluding hydrogens is 262 g/mol. The van der Waals surface area contributed by atoms with Crippen LogP contribution in [0.25, 0.3) is 0 Å². The fourth-order valence-electron chi connectivity index (χ4n) is 2.30. The zero-order valence-electron chi connectivity index (χ0n) is 12.2. The number of rotatable bonds is 1. The van der Waals surface area contributed by atoms with Crippen molar-refractivity contribution in [1.29, 1.82) is 0 Å². The van der Waals surface area contributed by atoms with Crippen LogP contribution in [0.3, 0.4) is 0 Å². The van der Waals surface area contributed by atoms with E-state index in [0.29, 0.717) is 13.0 Å². The van der Waals surface area contributed by atoms with Crippen molar-refractivity contribution in [2.24, 2.45) is 0 Å². The van der Waals surface area contributed by atoms with E-state index in [0.717, 1.165) is 11.4 Å². The number of esters is 1. The molecule has 0 spiro atoms. The number of nitrogens with one attached hydrogen (secondary N) is 2. The fraction of sp³-hybridized carbons (Fsp3) is 0.692. The number of carbonyl (C=O) groups excluding carboxylic acids is 1. The average molecular weight is 283 g/mol. The molecule has 2 heterocycles. The second kappa shape index (κ2) is 4.57. The monoisotopic (exact) mass is 283 g/mol. The first-order valence-corrected chi connectivity index (χ1v) is 6.60. The summed E-state index contributed by atoms with van der Waals surface area (Å²) < 4.78 is 5.38. The molecule has 2 aliphatic rings. The molecule has 2 rings (SSSR count). The molecule has 0 aliphatic carbocycles. The maximum Gasteiger partial charge on any atom is 0.407 e. The molecule has 20 heavy (non-hydrogen) atoms. The third kappa shape index (κ3) is 2.81. The normalized spacial score (nSPS) is 25.7. The van der Waals surface area contributed by atoms with E-state index in [2.05, 4.69) is 10.6 Å². The smallest absolute Gasteiger partial charge is 0.407 e. The highest BCUT2D eigenvalue weighted by atomic mass is 16.6. The van der Waals surface area contributed by atoms with Crippen LogP contribution in [-0.2, 0) is 9.53 Å². The first-order valence-electron chi connectivity index (χ1n) is 6.60. The lowest BCUT2D eigenvalue weighted by atomic mass is 10.1. The fourth-order valence-corrected chi connectivity index (χ4v) is 2.30. The van der Waals surface area contributed by atoms with Crippen LogP contribution in [0.15, 0.2) is 11.4 Å². The molecule has 0 fully saturated rings. The summed E-state index contributed by atoms with van der Waals surface area (Å²) in [6.45, 7) is 7.81. The third-order valence-corrected chi connectivity index (χ3v) is 3.22. The molecule has 0 aromatic carbocycles. The molecule has 2 aliphatic heterocycles. The van der Waals surface area contributed by atoms with Gasteiger partial charge in [-0.05, 0) is 27.7 Å². The molecular formula is C13H21N3O4. The zero-order chi connectivity index (χ0) is 15.1. The van der Waals surface area contributed by atoms with E-state index in [1.807, 2.05) is 20.8 Å². The van der Waals surface area contributed by atoms with E-state index in [1.165, 1.54) is 4.90 Å². The van der Waals surface area contributed by atoms with Crippen molar-refractivity contribution in [1.82, 2.24) is 15.5 Å². The Morgan fingerprint density at radius 3 is 2.45 bits per heavy atom. The number of hydrogen-bond donors (Lipinski definition) is 3. The highest BCUT2D eigenvalue weighted by molar-refractivity contribution is 5.82. The number of ether oxygens (including phenoxy) is 1. The van der Waals surface area contributed by atoms with Gasteiger partial charge in [-0.1, -0.05) is 0 Å². The molecule has 112 valence electrons. The van der Waals surface area contributed by atoms with Crippen LogP contribution in [0.5, 0.6) is 0 Å². The quantitative estimate of drug-likeness (QED) is 0.618. The van der Waals surface area contributed by atoms with Crippen LogP contribution < -0.4 is 10.6 Å². The molecule has 7 heteroatoms. The number of hydrogen-bond acceptors (Lipinski definition) is 5. The predicted molar refractivity (Wildman–Crippen MR) is 71.8 cm³/mol. The van der Waals surface area contributed by atoms with Crippen LogP contribution in [0.1, 0.15) is 34.1 Å². The highest BCUT2D eigenvalue weighted by Crippen LogP contribution is 2.26. The van der Waals surface area contributed by atoms with Crippen molar-refractivity contribution in [2.75, 3.05) is 13.1 Å². The Labute approximate surface area is 118 Å². The Morgan fingerprint density at radius 1 is 1.30 bits per heavy atom. The summed E-state index contributed by atoms with van der Waals surface area (Å²) >= 11 is 0. The van der Waals surface area contributed by atoms with Gasteiger partial charge in [-0.3, -0.25) is 0 Å². The van der Waals surface area contributed by atoms with Gasteiger partial charge in [0.25, 0.3) is 0 Å². The Balaban J connectivity index is 2.07. The van der Waals surface area contributed by atoms with Gasteiger partial charge in [0.15, 0.2) is 0 Å². The zero-order valence-corrected chi connectivity index (χ0v) is 12.2. The van der Waals surface area contributed by atoms with Crippen molar-refractivity contribution in [3.8, 4) is 0 Å². The maximum atomic E-state index is 12.2. The van der Waals surface area contributed by atoms with Crippen LogP contribution in [-0.4, -0.2) is 46.4 Å². The molecule has 0 aromatic heterocycles. The molecule has 1 amide bonds. The largest absolute Gasteiger partial charge is 0.465 e. The number of nitrogens with zero attached hydrogens (tertiary/aromatic N) is 1. The summed E-state index contributed by atoms with van der Waals surface area (Å²) in [6.07, 6.45) is -0.392. The van der Waals surface area contributed by atoms with E-state index in [1.54, 1.807) is 6.92 Å². The van der Waals surface area contributed by atoms with Gasteiger partial charge < -0.3 is 25.4 Å². The van der Waals surface area contributed by atoms with Crippen LogP contribution in [0.2, 0.25) is 0 Å². The lowest BCUT2D eigenvalue weighted by Crippen LogP contribution is -2.56. The molecule has 3 N–H and O–H groups in total. The number of carbonyl (C=O) groups is 2. The Hall–Kier alpha value is -1.92. The first kappa shape index (κ1) is 14.5. The Morgan fingerprint density at radius 2 is 1.90 bits per heavy atom. The van der Waals surface area contributed by atoms with Gasteiger partial charge in [0.2, 0.25) is 5.66 Å². The predicted octanol–water partition coefficient (Wildman–Crippen LogP) is 0.832. The SMILES string of the molecule is CC(C)(C)OC(=O)C1(C)NC2=C(CN(C(=O)O)CC2)N1. The Kier molecular flexibility index (Phi) is 3.31. The lowest BCUT2D eigenvalue weighted by molar-refractivity contribution is -0.162. The van der Waals surface area contributed by atoms with Gasteiger partial charge in [-0.2, -0.15) is 0 Å². The van der Waals surface area contributed by atoms with Gasteiger partial charge in [0.1, 0.15) is 5.60 Å². The van der Waals surface area contributed by atoms with E-state index >= 15 is 0 Å². The second-order valence-corrected chi connectivity index (χ2v) is 6.29. The standard InChI is InChI=1S/C13H21N3O4/c1-12(2,3)20-10(17)13(4)14-8-5-6-16(11(18)19)7-9(8)15-13/h14-15H,5-7H2,1-4H3,(H,18,19). The van der Waals surface area contributed by atoms with Crippen molar-refractivity contribution in [2.45, 2.75) is 45.4 Å². The summed E-state index contributed by atoms with van der Waals surface area (Å²) in [5.41, 5.74) is 0.0226. The van der Waals surface area contributed by atoms with Gasteiger partial charge in [0, 0.05) is 18.7 Å². The average Bonchev–Trinajstić information content (AvgIpc) is 2.63. The van der Waals surface area contributed by atoms with Gasteiger partial charge in [0.05, 0.1) is 12.2 Å². The molecule has 0 saturated carbocycles. The minimum absolute atomic E-state index is 0.260. The number of carboxylic acid groups (broad SMARTS) is 1. The number of amides is 1. The van der Waals surface area contributed by atoms with E-state index in [-0.39, 0.29) is 6.54 Å². The molecule has 1 unspecified atom stereocenters. The summed E-state index contributed by atoms with van der Waals surface area (Å²) in [5, 5.41) is 15.2. The summed E-state index contributed by atoms with van der Waals surface area (Å²) in [4.78, 5) is 24.5.